The number of rotatable bonds is 8. The minimum Gasteiger partial charge on any atom is -0.320 e. The summed E-state index contributed by atoms with van der Waals surface area (Å²) in [6.45, 7) is 15.3. The van der Waals surface area contributed by atoms with Crippen molar-refractivity contribution in [3.63, 3.8) is 0 Å². The molecule has 0 amide bonds. The first-order valence-electron chi connectivity index (χ1n) is 6.99. The Morgan fingerprint density at radius 2 is 1.41 bits per heavy atom. The largest absolute Gasteiger partial charge is 0.320 e. The van der Waals surface area contributed by atoms with E-state index in [1.54, 1.807) is 0 Å². The molecular formula is C15H34N2. The average molecular weight is 242 g/mol. The Morgan fingerprint density at radius 3 is 1.88 bits per heavy atom. The number of nitrogens with one attached hydrogen (secondary N) is 1. The first-order valence-corrected chi connectivity index (χ1v) is 6.99. The zero-order chi connectivity index (χ0) is 13.5. The molecule has 0 heterocycles. The van der Waals surface area contributed by atoms with E-state index in [0.29, 0.717) is 10.8 Å². The van der Waals surface area contributed by atoms with Crippen LogP contribution in [0.4, 0.5) is 0 Å². The molecule has 0 aliphatic heterocycles. The van der Waals surface area contributed by atoms with E-state index in [-0.39, 0.29) is 0 Å². The molecule has 0 spiro atoms. The van der Waals surface area contributed by atoms with Crippen LogP contribution in [0.1, 0.15) is 53.9 Å². The minimum atomic E-state index is 0.454. The van der Waals surface area contributed by atoms with Crippen molar-refractivity contribution in [1.82, 2.24) is 10.2 Å². The quantitative estimate of drug-likeness (QED) is 0.702. The third-order valence-electron chi connectivity index (χ3n) is 3.47. The highest BCUT2D eigenvalue weighted by Gasteiger charge is 2.18. The van der Waals surface area contributed by atoms with Gasteiger partial charge in [-0.3, -0.25) is 0 Å². The van der Waals surface area contributed by atoms with Crippen LogP contribution in [0, 0.1) is 10.8 Å². The average Bonchev–Trinajstić information content (AvgIpc) is 2.20. The van der Waals surface area contributed by atoms with Crippen molar-refractivity contribution >= 4 is 0 Å². The van der Waals surface area contributed by atoms with E-state index in [9.17, 15) is 0 Å². The summed E-state index contributed by atoms with van der Waals surface area (Å²) in [5, 5.41) is 3.24. The molecule has 1 N–H and O–H groups in total. The second-order valence-electron chi connectivity index (χ2n) is 7.38. The number of nitrogens with zero attached hydrogens (tertiary/aromatic N) is 1. The Bertz CT molecular complexity index is 192. The predicted octanol–water partition coefficient (Wildman–Crippen LogP) is 3.38. The molecule has 0 saturated carbocycles. The molecule has 0 bridgehead atoms. The fourth-order valence-electron chi connectivity index (χ4n) is 1.72. The van der Waals surface area contributed by atoms with Gasteiger partial charge in [-0.25, -0.2) is 0 Å². The summed E-state index contributed by atoms with van der Waals surface area (Å²) >= 11 is 0. The van der Waals surface area contributed by atoms with E-state index in [0.717, 1.165) is 6.54 Å². The monoisotopic (exact) mass is 242 g/mol. The van der Waals surface area contributed by atoms with Crippen molar-refractivity contribution < 1.29 is 0 Å². The second kappa shape index (κ2) is 7.38. The first-order chi connectivity index (χ1) is 7.66. The fourth-order valence-corrected chi connectivity index (χ4v) is 1.72. The summed E-state index contributed by atoms with van der Waals surface area (Å²) in [7, 11) is 4.28. The zero-order valence-electron chi connectivity index (χ0n) is 13.2. The van der Waals surface area contributed by atoms with E-state index in [1.807, 2.05) is 7.05 Å². The summed E-state index contributed by atoms with van der Waals surface area (Å²) in [5.41, 5.74) is 0.912. The van der Waals surface area contributed by atoms with E-state index < -0.39 is 0 Å². The van der Waals surface area contributed by atoms with Gasteiger partial charge in [0.2, 0.25) is 0 Å². The predicted molar refractivity (Wildman–Crippen MR) is 78.5 cm³/mol. The topological polar surface area (TPSA) is 15.3 Å². The summed E-state index contributed by atoms with van der Waals surface area (Å²) < 4.78 is 0. The molecule has 2 nitrogen and oxygen atoms in total. The molecule has 0 aromatic heterocycles. The van der Waals surface area contributed by atoms with Gasteiger partial charge >= 0.3 is 0 Å². The van der Waals surface area contributed by atoms with Gasteiger partial charge in [0, 0.05) is 0 Å². The molecule has 0 unspecified atom stereocenters. The lowest BCUT2D eigenvalue weighted by Crippen LogP contribution is -2.29. The van der Waals surface area contributed by atoms with E-state index >= 15 is 0 Å². The van der Waals surface area contributed by atoms with Crippen LogP contribution in [0.25, 0.3) is 0 Å². The number of hydrogen-bond acceptors (Lipinski definition) is 2. The third kappa shape index (κ3) is 10.8. The van der Waals surface area contributed by atoms with Crippen molar-refractivity contribution in [1.29, 1.82) is 0 Å². The molecule has 0 aliphatic rings. The maximum absolute atomic E-state index is 3.24. The van der Waals surface area contributed by atoms with Crippen LogP contribution in [0.15, 0.2) is 0 Å². The smallest absolute Gasteiger partial charge is 0.00167 e. The SMILES string of the molecule is CNCCC(C)(C)CCN(C)CCC(C)(C)C. The van der Waals surface area contributed by atoms with Gasteiger partial charge in [0.25, 0.3) is 0 Å². The number of hydrogen-bond donors (Lipinski definition) is 1. The van der Waals surface area contributed by atoms with Gasteiger partial charge in [-0.2, -0.15) is 0 Å². The van der Waals surface area contributed by atoms with Gasteiger partial charge in [0.05, 0.1) is 0 Å². The van der Waals surface area contributed by atoms with Crippen molar-refractivity contribution in [3.8, 4) is 0 Å². The Balaban J connectivity index is 3.78. The van der Waals surface area contributed by atoms with Gasteiger partial charge in [-0.15, -0.1) is 0 Å². The molecule has 2 heteroatoms. The Morgan fingerprint density at radius 1 is 0.882 bits per heavy atom. The Hall–Kier alpha value is -0.0800. The Labute approximate surface area is 109 Å². The summed E-state index contributed by atoms with van der Waals surface area (Å²) in [4.78, 5) is 2.48. The lowest BCUT2D eigenvalue weighted by atomic mass is 9.85. The molecule has 0 aliphatic carbocycles. The summed E-state index contributed by atoms with van der Waals surface area (Å²) in [6, 6.07) is 0. The molecule has 0 aromatic carbocycles. The molecule has 17 heavy (non-hydrogen) atoms. The van der Waals surface area contributed by atoms with Crippen molar-refractivity contribution in [2.75, 3.05) is 33.7 Å². The van der Waals surface area contributed by atoms with Gasteiger partial charge in [0.1, 0.15) is 0 Å². The standard InChI is InChI=1S/C15H34N2/c1-14(2,3)9-12-17(7)13-10-15(4,5)8-11-16-6/h16H,8-13H2,1-7H3. The van der Waals surface area contributed by atoms with Crippen LogP contribution in [0.2, 0.25) is 0 Å². The molecular weight excluding hydrogens is 208 g/mol. The van der Waals surface area contributed by atoms with Crippen LogP contribution >= 0.6 is 0 Å². The Kier molecular flexibility index (Phi) is 7.34. The van der Waals surface area contributed by atoms with E-state index in [1.165, 1.54) is 32.4 Å². The van der Waals surface area contributed by atoms with Crippen LogP contribution < -0.4 is 5.32 Å². The molecule has 0 aromatic rings. The molecule has 0 saturated heterocycles. The zero-order valence-corrected chi connectivity index (χ0v) is 13.2. The highest BCUT2D eigenvalue weighted by Crippen LogP contribution is 2.25. The summed E-state index contributed by atoms with van der Waals surface area (Å²) in [6.07, 6.45) is 3.83. The van der Waals surface area contributed by atoms with Gasteiger partial charge in [0.15, 0.2) is 0 Å². The van der Waals surface area contributed by atoms with Crippen LogP contribution in [0.3, 0.4) is 0 Å². The maximum Gasteiger partial charge on any atom is -0.00167 e. The summed E-state index contributed by atoms with van der Waals surface area (Å²) in [5.74, 6) is 0. The van der Waals surface area contributed by atoms with Crippen LogP contribution in [-0.4, -0.2) is 38.6 Å². The fraction of sp³-hybridized carbons (Fsp3) is 1.00. The van der Waals surface area contributed by atoms with Crippen molar-refractivity contribution in [2.24, 2.45) is 10.8 Å². The second-order valence-corrected chi connectivity index (χ2v) is 7.38. The first kappa shape index (κ1) is 16.9. The van der Waals surface area contributed by atoms with Gasteiger partial charge in [-0.1, -0.05) is 34.6 Å². The van der Waals surface area contributed by atoms with Gasteiger partial charge in [-0.05, 0) is 63.8 Å². The lowest BCUT2D eigenvalue weighted by Gasteiger charge is -2.29. The molecule has 104 valence electrons. The molecule has 0 radical (unpaired) electrons. The molecule has 0 fully saturated rings. The highest BCUT2D eigenvalue weighted by molar-refractivity contribution is 4.72. The minimum absolute atomic E-state index is 0.454. The maximum atomic E-state index is 3.24. The normalized spacial score (nSPS) is 13.4. The van der Waals surface area contributed by atoms with Crippen LogP contribution in [-0.2, 0) is 0 Å². The third-order valence-corrected chi connectivity index (χ3v) is 3.47. The van der Waals surface area contributed by atoms with E-state index in [4.69, 9.17) is 0 Å². The lowest BCUT2D eigenvalue weighted by molar-refractivity contribution is 0.214. The van der Waals surface area contributed by atoms with Crippen molar-refractivity contribution in [2.45, 2.75) is 53.9 Å². The molecule has 0 atom stereocenters. The van der Waals surface area contributed by atoms with Crippen LogP contribution in [0.5, 0.6) is 0 Å². The van der Waals surface area contributed by atoms with Crippen molar-refractivity contribution in [3.05, 3.63) is 0 Å². The van der Waals surface area contributed by atoms with E-state index in [2.05, 4.69) is 51.9 Å². The molecule has 0 rings (SSSR count). The van der Waals surface area contributed by atoms with Gasteiger partial charge < -0.3 is 10.2 Å². The highest BCUT2D eigenvalue weighted by atomic mass is 15.1.